The van der Waals surface area contributed by atoms with Gasteiger partial charge in [0.05, 0.1) is 22.7 Å². The van der Waals surface area contributed by atoms with Crippen LogP contribution in [0.25, 0.3) is 0 Å². The second-order valence-corrected chi connectivity index (χ2v) is 6.07. The van der Waals surface area contributed by atoms with Gasteiger partial charge in [-0.3, -0.25) is 4.79 Å². The zero-order valence-electron chi connectivity index (χ0n) is 10.3. The van der Waals surface area contributed by atoms with Crippen LogP contribution < -0.4 is 0 Å². The van der Waals surface area contributed by atoms with E-state index in [-0.39, 0.29) is 22.2 Å². The molecule has 0 saturated heterocycles. The van der Waals surface area contributed by atoms with Crippen molar-refractivity contribution in [3.8, 4) is 0 Å². The number of halogens is 4. The van der Waals surface area contributed by atoms with Crippen molar-refractivity contribution in [3.05, 3.63) is 49.9 Å². The summed E-state index contributed by atoms with van der Waals surface area (Å²) in [6.45, 7) is 1.81. The molecule has 20 heavy (non-hydrogen) atoms. The van der Waals surface area contributed by atoms with Gasteiger partial charge in [0.1, 0.15) is 0 Å². The second kappa shape index (κ2) is 5.65. The van der Waals surface area contributed by atoms with Crippen molar-refractivity contribution in [2.24, 2.45) is 0 Å². The van der Waals surface area contributed by atoms with Gasteiger partial charge in [-0.2, -0.15) is 13.2 Å². The molecule has 0 N–H and O–H groups in total. The van der Waals surface area contributed by atoms with Crippen LogP contribution in [0.5, 0.6) is 0 Å². The molecule has 0 bridgehead atoms. The molecule has 0 unspecified atom stereocenters. The van der Waals surface area contributed by atoms with Gasteiger partial charge in [-0.05, 0) is 19.1 Å². The van der Waals surface area contributed by atoms with Crippen LogP contribution in [0.2, 0.25) is 0 Å². The van der Waals surface area contributed by atoms with Crippen molar-refractivity contribution < 1.29 is 18.0 Å². The molecule has 2 nitrogen and oxygen atoms in total. The Balaban J connectivity index is 2.27. The third-order valence-electron chi connectivity index (χ3n) is 2.60. The van der Waals surface area contributed by atoms with E-state index in [1.165, 1.54) is 23.5 Å². The standard InChI is InChI=1S/C13H9BrF3NOS/c1-7-18-9(6-20-7)5-12(19)8-2-3-11(14)10(4-8)13(15,16)17/h2-4,6H,5H2,1H3. The summed E-state index contributed by atoms with van der Waals surface area (Å²) < 4.78 is 38.2. The number of Topliss-reactive ketones (excluding diaryl/α,β-unsaturated/α-hetero) is 1. The number of thiazole rings is 1. The number of aromatic nitrogens is 1. The van der Waals surface area contributed by atoms with Gasteiger partial charge in [0.2, 0.25) is 0 Å². The molecule has 0 spiro atoms. The molecule has 0 aliphatic heterocycles. The summed E-state index contributed by atoms with van der Waals surface area (Å²) in [7, 11) is 0. The number of hydrogen-bond donors (Lipinski definition) is 0. The Bertz CT molecular complexity index is 651. The highest BCUT2D eigenvalue weighted by Gasteiger charge is 2.33. The van der Waals surface area contributed by atoms with Gasteiger partial charge in [-0.25, -0.2) is 4.98 Å². The lowest BCUT2D eigenvalue weighted by molar-refractivity contribution is -0.138. The molecule has 1 aromatic heterocycles. The van der Waals surface area contributed by atoms with Gasteiger partial charge in [0, 0.05) is 15.4 Å². The quantitative estimate of drug-likeness (QED) is 0.742. The highest BCUT2D eigenvalue weighted by Crippen LogP contribution is 2.35. The SMILES string of the molecule is Cc1nc(CC(=O)c2ccc(Br)c(C(F)(F)F)c2)cs1. The number of nitrogens with zero attached hydrogens (tertiary/aromatic N) is 1. The second-order valence-electron chi connectivity index (χ2n) is 4.15. The number of aryl methyl sites for hydroxylation is 1. The molecule has 0 atom stereocenters. The Hall–Kier alpha value is -1.21. The minimum absolute atomic E-state index is 0.00324. The average molecular weight is 364 g/mol. The van der Waals surface area contributed by atoms with Crippen LogP contribution in [-0.2, 0) is 12.6 Å². The van der Waals surface area contributed by atoms with E-state index < -0.39 is 11.7 Å². The summed E-state index contributed by atoms with van der Waals surface area (Å²) in [6, 6.07) is 3.48. The third kappa shape index (κ3) is 3.46. The maximum atomic E-state index is 12.8. The molecule has 0 saturated carbocycles. The molecule has 1 aromatic carbocycles. The molecule has 1 heterocycles. The number of benzene rings is 1. The Kier molecular flexibility index (Phi) is 4.29. The van der Waals surface area contributed by atoms with E-state index in [9.17, 15) is 18.0 Å². The van der Waals surface area contributed by atoms with Crippen molar-refractivity contribution in [2.75, 3.05) is 0 Å². The van der Waals surface area contributed by atoms with Crippen LogP contribution >= 0.6 is 27.3 Å². The Morgan fingerprint density at radius 2 is 2.10 bits per heavy atom. The number of alkyl halides is 3. The molecule has 106 valence electrons. The number of hydrogen-bond acceptors (Lipinski definition) is 3. The number of ketones is 1. The van der Waals surface area contributed by atoms with Crippen molar-refractivity contribution in [1.82, 2.24) is 4.98 Å². The van der Waals surface area contributed by atoms with Crippen LogP contribution in [0.3, 0.4) is 0 Å². The monoisotopic (exact) mass is 363 g/mol. The Labute approximate surface area is 125 Å². The van der Waals surface area contributed by atoms with Gasteiger partial charge in [0.25, 0.3) is 0 Å². The smallest absolute Gasteiger partial charge is 0.294 e. The first kappa shape index (κ1) is 15.2. The Morgan fingerprint density at radius 1 is 1.40 bits per heavy atom. The van der Waals surface area contributed by atoms with Crippen LogP contribution in [0, 0.1) is 6.92 Å². The molecule has 0 fully saturated rings. The van der Waals surface area contributed by atoms with Crippen molar-refractivity contribution in [2.45, 2.75) is 19.5 Å². The minimum Gasteiger partial charge on any atom is -0.294 e. The van der Waals surface area contributed by atoms with Gasteiger partial charge >= 0.3 is 6.18 Å². The average Bonchev–Trinajstić information content (AvgIpc) is 2.73. The first-order valence-electron chi connectivity index (χ1n) is 5.58. The van der Waals surface area contributed by atoms with Gasteiger partial charge in [0.15, 0.2) is 5.78 Å². The van der Waals surface area contributed by atoms with Gasteiger partial charge in [-0.1, -0.05) is 22.0 Å². The summed E-state index contributed by atoms with van der Waals surface area (Å²) in [6.07, 6.45) is -4.49. The van der Waals surface area contributed by atoms with Crippen molar-refractivity contribution >= 4 is 33.0 Å². The van der Waals surface area contributed by atoms with Crippen LogP contribution in [0.4, 0.5) is 13.2 Å². The zero-order valence-corrected chi connectivity index (χ0v) is 12.7. The maximum absolute atomic E-state index is 12.8. The lowest BCUT2D eigenvalue weighted by atomic mass is 10.0. The summed E-state index contributed by atoms with van der Waals surface area (Å²) in [5, 5.41) is 2.55. The van der Waals surface area contributed by atoms with E-state index in [1.807, 2.05) is 0 Å². The van der Waals surface area contributed by atoms with Crippen molar-refractivity contribution in [1.29, 1.82) is 0 Å². The highest BCUT2D eigenvalue weighted by atomic mass is 79.9. The molecular formula is C13H9BrF3NOS. The topological polar surface area (TPSA) is 30.0 Å². The third-order valence-corrected chi connectivity index (χ3v) is 4.12. The fourth-order valence-electron chi connectivity index (χ4n) is 1.67. The molecule has 0 radical (unpaired) electrons. The normalized spacial score (nSPS) is 11.7. The molecule has 7 heteroatoms. The molecule has 0 amide bonds. The number of rotatable bonds is 3. The van der Waals surface area contributed by atoms with E-state index in [0.29, 0.717) is 5.69 Å². The fraction of sp³-hybridized carbons (Fsp3) is 0.231. The van der Waals surface area contributed by atoms with Crippen LogP contribution in [0.15, 0.2) is 28.1 Å². The maximum Gasteiger partial charge on any atom is 0.417 e. The predicted octanol–water partition coefficient (Wildman–Crippen LogP) is 4.66. The molecule has 0 aliphatic carbocycles. The predicted molar refractivity (Wildman–Crippen MR) is 74.0 cm³/mol. The van der Waals surface area contributed by atoms with E-state index in [1.54, 1.807) is 12.3 Å². The zero-order chi connectivity index (χ0) is 14.9. The molecular weight excluding hydrogens is 355 g/mol. The number of carbonyl (C=O) groups excluding carboxylic acids is 1. The highest BCUT2D eigenvalue weighted by molar-refractivity contribution is 9.10. The molecule has 2 rings (SSSR count). The summed E-state index contributed by atoms with van der Waals surface area (Å²) in [5.41, 5.74) is -0.238. The summed E-state index contributed by atoms with van der Waals surface area (Å²) in [5.74, 6) is -0.381. The minimum atomic E-state index is -4.49. The van der Waals surface area contributed by atoms with Crippen LogP contribution in [0.1, 0.15) is 26.6 Å². The van der Waals surface area contributed by atoms with E-state index >= 15 is 0 Å². The first-order valence-corrected chi connectivity index (χ1v) is 7.25. The molecule has 2 aromatic rings. The fourth-order valence-corrected chi connectivity index (χ4v) is 2.76. The van der Waals surface area contributed by atoms with E-state index in [0.717, 1.165) is 11.1 Å². The van der Waals surface area contributed by atoms with Crippen LogP contribution in [-0.4, -0.2) is 10.8 Å². The van der Waals surface area contributed by atoms with Gasteiger partial charge < -0.3 is 0 Å². The van der Waals surface area contributed by atoms with Crippen molar-refractivity contribution in [3.63, 3.8) is 0 Å². The lowest BCUT2D eigenvalue weighted by Crippen LogP contribution is -2.10. The summed E-state index contributed by atoms with van der Waals surface area (Å²) in [4.78, 5) is 16.1. The summed E-state index contributed by atoms with van der Waals surface area (Å²) >= 11 is 4.24. The lowest BCUT2D eigenvalue weighted by Gasteiger charge is -2.10. The van der Waals surface area contributed by atoms with E-state index in [4.69, 9.17) is 0 Å². The largest absolute Gasteiger partial charge is 0.417 e. The number of carbonyl (C=O) groups is 1. The van der Waals surface area contributed by atoms with E-state index in [2.05, 4.69) is 20.9 Å². The first-order chi connectivity index (χ1) is 9.27. The Morgan fingerprint density at radius 3 is 2.65 bits per heavy atom. The molecule has 0 aliphatic rings. The van der Waals surface area contributed by atoms with Gasteiger partial charge in [-0.15, -0.1) is 11.3 Å².